The molecule has 16 heavy (non-hydrogen) atoms. The fourth-order valence-electron chi connectivity index (χ4n) is 2.28. The minimum Gasteiger partial charge on any atom is -0.368 e. The average molecular weight is 245 g/mol. The summed E-state index contributed by atoms with van der Waals surface area (Å²) in [6, 6.07) is 0. The lowest BCUT2D eigenvalue weighted by Crippen LogP contribution is -2.62. The highest BCUT2D eigenvalue weighted by atomic mass is 32.1. The first-order valence-electron chi connectivity index (χ1n) is 5.84. The first kappa shape index (κ1) is 13.8. The van der Waals surface area contributed by atoms with E-state index in [2.05, 4.69) is 36.7 Å². The van der Waals surface area contributed by atoms with E-state index in [0.717, 1.165) is 32.5 Å². The summed E-state index contributed by atoms with van der Waals surface area (Å²) < 4.78 is 0. The van der Waals surface area contributed by atoms with Crippen molar-refractivity contribution in [3.63, 3.8) is 0 Å². The summed E-state index contributed by atoms with van der Waals surface area (Å²) in [5, 5.41) is 3.24. The lowest BCUT2D eigenvalue weighted by molar-refractivity contribution is -0.126. The molecule has 1 amide bonds. The Morgan fingerprint density at radius 2 is 2.00 bits per heavy atom. The second kappa shape index (κ2) is 4.94. The van der Waals surface area contributed by atoms with Gasteiger partial charge in [0.15, 0.2) is 0 Å². The van der Waals surface area contributed by atoms with E-state index in [1.165, 1.54) is 0 Å². The summed E-state index contributed by atoms with van der Waals surface area (Å²) in [7, 11) is 0. The number of nitrogens with one attached hydrogen (secondary N) is 1. The van der Waals surface area contributed by atoms with Gasteiger partial charge in [0.1, 0.15) is 5.54 Å². The van der Waals surface area contributed by atoms with Crippen molar-refractivity contribution in [2.45, 2.75) is 44.0 Å². The second-order valence-corrected chi connectivity index (χ2v) is 6.05. The van der Waals surface area contributed by atoms with E-state index in [-0.39, 0.29) is 10.8 Å². The quantitative estimate of drug-likeness (QED) is 0.635. The van der Waals surface area contributed by atoms with E-state index >= 15 is 0 Å². The molecule has 1 aliphatic heterocycles. The maximum Gasteiger partial charge on any atom is 0.237 e. The van der Waals surface area contributed by atoms with Crippen molar-refractivity contribution in [2.24, 2.45) is 5.73 Å². The van der Waals surface area contributed by atoms with E-state index in [0.29, 0.717) is 0 Å². The Hall–Kier alpha value is -0.260. The lowest BCUT2D eigenvalue weighted by atomic mass is 9.86. The summed E-state index contributed by atoms with van der Waals surface area (Å²) in [5.74, 6) is -0.231. The van der Waals surface area contributed by atoms with E-state index in [9.17, 15) is 4.79 Å². The Morgan fingerprint density at radius 3 is 2.31 bits per heavy atom. The molecule has 0 unspecified atom stereocenters. The van der Waals surface area contributed by atoms with Crippen LogP contribution in [0.15, 0.2) is 0 Å². The SMILES string of the molecule is CCNC1(C(N)=O)CCN(C(C)(C)S)CC1. The molecule has 3 N–H and O–H groups in total. The Bertz CT molecular complexity index is 254. The third-order valence-electron chi connectivity index (χ3n) is 3.38. The van der Waals surface area contributed by atoms with Crippen LogP contribution in [0.4, 0.5) is 0 Å². The van der Waals surface area contributed by atoms with Crippen LogP contribution in [0.1, 0.15) is 33.6 Å². The van der Waals surface area contributed by atoms with Gasteiger partial charge in [-0.3, -0.25) is 9.69 Å². The van der Waals surface area contributed by atoms with E-state index < -0.39 is 5.54 Å². The fourth-order valence-corrected chi connectivity index (χ4v) is 2.48. The summed E-state index contributed by atoms with van der Waals surface area (Å²) in [6.07, 6.45) is 1.53. The highest BCUT2D eigenvalue weighted by Gasteiger charge is 2.41. The fraction of sp³-hybridized carbons (Fsp3) is 0.909. The van der Waals surface area contributed by atoms with Crippen LogP contribution in [0, 0.1) is 0 Å². The minimum absolute atomic E-state index is 0.129. The van der Waals surface area contributed by atoms with Gasteiger partial charge in [0.05, 0.1) is 4.87 Å². The van der Waals surface area contributed by atoms with Crippen LogP contribution in [-0.2, 0) is 4.79 Å². The third kappa shape index (κ3) is 2.90. The monoisotopic (exact) mass is 245 g/mol. The smallest absolute Gasteiger partial charge is 0.237 e. The van der Waals surface area contributed by atoms with Crippen molar-refractivity contribution >= 4 is 18.5 Å². The molecule has 94 valence electrons. The molecule has 0 spiro atoms. The molecule has 0 saturated carbocycles. The van der Waals surface area contributed by atoms with Crippen molar-refractivity contribution in [1.29, 1.82) is 0 Å². The molecule has 4 nitrogen and oxygen atoms in total. The zero-order valence-electron chi connectivity index (χ0n) is 10.4. The summed E-state index contributed by atoms with van der Waals surface area (Å²) >= 11 is 4.55. The molecule has 0 aromatic carbocycles. The molecular weight excluding hydrogens is 222 g/mol. The minimum atomic E-state index is -0.510. The number of amides is 1. The van der Waals surface area contributed by atoms with Crippen LogP contribution in [0.25, 0.3) is 0 Å². The lowest BCUT2D eigenvalue weighted by Gasteiger charge is -2.44. The number of hydrogen-bond donors (Lipinski definition) is 3. The number of carbonyl (C=O) groups is 1. The average Bonchev–Trinajstić information content (AvgIpc) is 2.17. The van der Waals surface area contributed by atoms with Gasteiger partial charge >= 0.3 is 0 Å². The van der Waals surface area contributed by atoms with Crippen LogP contribution in [-0.4, -0.2) is 40.9 Å². The van der Waals surface area contributed by atoms with Crippen LogP contribution in [0.2, 0.25) is 0 Å². The summed E-state index contributed by atoms with van der Waals surface area (Å²) in [5.41, 5.74) is 4.99. The summed E-state index contributed by atoms with van der Waals surface area (Å²) in [4.78, 5) is 13.7. The number of rotatable bonds is 4. The van der Waals surface area contributed by atoms with Gasteiger partial charge < -0.3 is 11.1 Å². The topological polar surface area (TPSA) is 58.4 Å². The predicted molar refractivity (Wildman–Crippen MR) is 69.5 cm³/mol. The van der Waals surface area contributed by atoms with E-state index in [1.807, 2.05) is 6.92 Å². The third-order valence-corrected chi connectivity index (χ3v) is 3.66. The molecule has 1 fully saturated rings. The van der Waals surface area contributed by atoms with Gasteiger partial charge in [-0.2, -0.15) is 12.6 Å². The molecule has 0 aromatic rings. The van der Waals surface area contributed by atoms with Crippen LogP contribution >= 0.6 is 12.6 Å². The van der Waals surface area contributed by atoms with Gasteiger partial charge in [-0.05, 0) is 33.2 Å². The number of piperidine rings is 1. The van der Waals surface area contributed by atoms with Gasteiger partial charge in [0, 0.05) is 13.1 Å². The van der Waals surface area contributed by atoms with Gasteiger partial charge in [-0.15, -0.1) is 0 Å². The number of hydrogen-bond acceptors (Lipinski definition) is 4. The molecule has 1 saturated heterocycles. The highest BCUT2D eigenvalue weighted by Crippen LogP contribution is 2.28. The number of likely N-dealkylation sites (N-methyl/N-ethyl adjacent to an activating group) is 1. The van der Waals surface area contributed by atoms with Crippen molar-refractivity contribution < 1.29 is 4.79 Å². The Kier molecular flexibility index (Phi) is 4.26. The number of nitrogens with two attached hydrogens (primary N) is 1. The molecule has 0 aliphatic carbocycles. The Morgan fingerprint density at radius 1 is 1.50 bits per heavy atom. The normalized spacial score (nSPS) is 22.0. The molecule has 1 aliphatic rings. The maximum absolute atomic E-state index is 11.5. The zero-order valence-corrected chi connectivity index (χ0v) is 11.3. The standard InChI is InChI=1S/C11H23N3OS/c1-4-13-11(9(12)15)5-7-14(8-6-11)10(2,3)16/h13,16H,4-8H2,1-3H3,(H2,12,15). The Labute approximate surface area is 103 Å². The van der Waals surface area contributed by atoms with Crippen molar-refractivity contribution in [3.8, 4) is 0 Å². The number of likely N-dealkylation sites (tertiary alicyclic amines) is 1. The number of thiol groups is 1. The molecule has 1 rings (SSSR count). The van der Waals surface area contributed by atoms with E-state index in [4.69, 9.17) is 5.73 Å². The van der Waals surface area contributed by atoms with Gasteiger partial charge in [0.25, 0.3) is 0 Å². The first-order valence-corrected chi connectivity index (χ1v) is 6.29. The predicted octanol–water partition coefficient (Wildman–Crippen LogP) is 0.582. The number of nitrogens with zero attached hydrogens (tertiary/aromatic N) is 1. The van der Waals surface area contributed by atoms with Crippen LogP contribution < -0.4 is 11.1 Å². The van der Waals surface area contributed by atoms with Crippen molar-refractivity contribution in [2.75, 3.05) is 19.6 Å². The van der Waals surface area contributed by atoms with Gasteiger partial charge in [-0.25, -0.2) is 0 Å². The van der Waals surface area contributed by atoms with Gasteiger partial charge in [-0.1, -0.05) is 6.92 Å². The maximum atomic E-state index is 11.5. The molecule has 5 heteroatoms. The van der Waals surface area contributed by atoms with Crippen molar-refractivity contribution in [1.82, 2.24) is 10.2 Å². The Balaban J connectivity index is 2.67. The molecular formula is C11H23N3OS. The molecule has 1 heterocycles. The number of primary amides is 1. The van der Waals surface area contributed by atoms with E-state index in [1.54, 1.807) is 0 Å². The van der Waals surface area contributed by atoms with Crippen LogP contribution in [0.3, 0.4) is 0 Å². The highest BCUT2D eigenvalue weighted by molar-refractivity contribution is 7.81. The molecule has 0 aromatic heterocycles. The zero-order chi connectivity index (χ0) is 12.4. The molecule has 0 atom stereocenters. The van der Waals surface area contributed by atoms with Gasteiger partial charge in [0.2, 0.25) is 5.91 Å². The second-order valence-electron chi connectivity index (χ2n) is 4.96. The molecule has 0 bridgehead atoms. The first-order chi connectivity index (χ1) is 7.32. The van der Waals surface area contributed by atoms with Crippen molar-refractivity contribution in [3.05, 3.63) is 0 Å². The number of carbonyl (C=O) groups excluding carboxylic acids is 1. The van der Waals surface area contributed by atoms with Crippen LogP contribution in [0.5, 0.6) is 0 Å². The molecule has 0 radical (unpaired) electrons. The summed E-state index contributed by atoms with van der Waals surface area (Å²) in [6.45, 7) is 8.62. The largest absolute Gasteiger partial charge is 0.368 e.